The molecule has 0 spiro atoms. The highest BCUT2D eigenvalue weighted by molar-refractivity contribution is 5.94. The third-order valence-electron chi connectivity index (χ3n) is 4.88. The third kappa shape index (κ3) is 4.51. The van der Waals surface area contributed by atoms with Crippen molar-refractivity contribution >= 4 is 11.8 Å². The van der Waals surface area contributed by atoms with Crippen LogP contribution in [0.3, 0.4) is 0 Å². The minimum absolute atomic E-state index is 0.0615. The number of para-hydroxylation sites is 1. The maximum absolute atomic E-state index is 12.7. The Morgan fingerprint density at radius 2 is 2.07 bits per heavy atom. The standard InChI is InChI=1S/C20H27N5O4/c1-24(2)12-17(26)25-9-8-14-15(11-25)22-23-18(14)20(27)21-10-13-6-5-7-16(28-3)19(13)29-4/h5-7H,8-12H2,1-4H3,(H,21,27)(H,22,23). The molecule has 0 aliphatic carbocycles. The number of hydrogen-bond donors (Lipinski definition) is 2. The zero-order chi connectivity index (χ0) is 21.0. The lowest BCUT2D eigenvalue weighted by atomic mass is 10.0. The number of benzene rings is 1. The number of H-pyrrole nitrogens is 1. The van der Waals surface area contributed by atoms with Gasteiger partial charge in [-0.3, -0.25) is 14.7 Å². The lowest BCUT2D eigenvalue weighted by molar-refractivity contribution is -0.132. The van der Waals surface area contributed by atoms with E-state index in [4.69, 9.17) is 9.47 Å². The molecule has 0 atom stereocenters. The monoisotopic (exact) mass is 401 g/mol. The quantitative estimate of drug-likeness (QED) is 0.712. The van der Waals surface area contributed by atoms with Crippen LogP contribution in [0.25, 0.3) is 0 Å². The SMILES string of the molecule is COc1cccc(CNC(=O)c2n[nH]c3c2CCN(C(=O)CN(C)C)C3)c1OC. The fraction of sp³-hybridized carbons (Fsp3) is 0.450. The number of ether oxygens (including phenoxy) is 2. The fourth-order valence-electron chi connectivity index (χ4n) is 3.44. The molecular weight excluding hydrogens is 374 g/mol. The number of hydrogen-bond acceptors (Lipinski definition) is 6. The summed E-state index contributed by atoms with van der Waals surface area (Å²) in [6, 6.07) is 5.52. The van der Waals surface area contributed by atoms with E-state index < -0.39 is 0 Å². The molecule has 0 unspecified atom stereocenters. The average molecular weight is 401 g/mol. The first-order valence-corrected chi connectivity index (χ1v) is 9.41. The number of rotatable bonds is 7. The van der Waals surface area contributed by atoms with Gasteiger partial charge in [0.15, 0.2) is 17.2 Å². The molecule has 1 aliphatic heterocycles. The summed E-state index contributed by atoms with van der Waals surface area (Å²) < 4.78 is 10.7. The van der Waals surface area contributed by atoms with E-state index in [1.165, 1.54) is 0 Å². The fourth-order valence-corrected chi connectivity index (χ4v) is 3.44. The van der Waals surface area contributed by atoms with Gasteiger partial charge < -0.3 is 24.6 Å². The van der Waals surface area contributed by atoms with Crippen molar-refractivity contribution in [1.29, 1.82) is 0 Å². The van der Waals surface area contributed by atoms with Crippen LogP contribution < -0.4 is 14.8 Å². The van der Waals surface area contributed by atoms with E-state index in [0.717, 1.165) is 16.8 Å². The van der Waals surface area contributed by atoms with Gasteiger partial charge in [0.05, 0.1) is 33.0 Å². The second-order valence-corrected chi connectivity index (χ2v) is 7.17. The first-order chi connectivity index (χ1) is 13.9. The molecule has 0 saturated carbocycles. The van der Waals surface area contributed by atoms with Crippen molar-refractivity contribution in [3.05, 3.63) is 40.7 Å². The number of aromatic nitrogens is 2. The minimum atomic E-state index is -0.263. The summed E-state index contributed by atoms with van der Waals surface area (Å²) in [7, 11) is 6.87. The summed E-state index contributed by atoms with van der Waals surface area (Å²) in [6.07, 6.45) is 0.593. The van der Waals surface area contributed by atoms with E-state index in [2.05, 4.69) is 15.5 Å². The topological polar surface area (TPSA) is 99.8 Å². The number of likely N-dealkylation sites (N-methyl/N-ethyl adjacent to an activating group) is 1. The van der Waals surface area contributed by atoms with Crippen LogP contribution in [0.2, 0.25) is 0 Å². The summed E-state index contributed by atoms with van der Waals surface area (Å²) in [6.45, 7) is 1.66. The van der Waals surface area contributed by atoms with E-state index in [1.807, 2.05) is 31.1 Å². The van der Waals surface area contributed by atoms with Crippen molar-refractivity contribution in [2.45, 2.75) is 19.5 Å². The highest BCUT2D eigenvalue weighted by atomic mass is 16.5. The van der Waals surface area contributed by atoms with Gasteiger partial charge in [-0.05, 0) is 26.6 Å². The predicted octanol–water partition coefficient (Wildman–Crippen LogP) is 0.803. The lowest BCUT2D eigenvalue weighted by Crippen LogP contribution is -2.41. The minimum Gasteiger partial charge on any atom is -0.493 e. The molecule has 2 aromatic rings. The molecule has 0 fully saturated rings. The molecule has 1 aromatic heterocycles. The molecule has 2 amide bonds. The number of fused-ring (bicyclic) bond motifs is 1. The van der Waals surface area contributed by atoms with Crippen molar-refractivity contribution in [2.75, 3.05) is 41.4 Å². The molecule has 0 radical (unpaired) electrons. The normalized spacial score (nSPS) is 13.2. The van der Waals surface area contributed by atoms with Crippen molar-refractivity contribution < 1.29 is 19.1 Å². The number of aromatic amines is 1. The molecule has 29 heavy (non-hydrogen) atoms. The molecule has 0 saturated heterocycles. The Hall–Kier alpha value is -3.07. The van der Waals surface area contributed by atoms with Gasteiger partial charge in [0.1, 0.15) is 0 Å². The molecule has 2 N–H and O–H groups in total. The molecule has 3 rings (SSSR count). The smallest absolute Gasteiger partial charge is 0.272 e. The third-order valence-corrected chi connectivity index (χ3v) is 4.88. The molecule has 2 heterocycles. The van der Waals surface area contributed by atoms with Crippen LogP contribution in [-0.4, -0.2) is 73.2 Å². The molecular formula is C20H27N5O4. The molecule has 9 nitrogen and oxygen atoms in total. The van der Waals surface area contributed by atoms with Crippen LogP contribution in [-0.2, 0) is 24.3 Å². The van der Waals surface area contributed by atoms with Gasteiger partial charge in [0.2, 0.25) is 5.91 Å². The van der Waals surface area contributed by atoms with Crippen LogP contribution in [0.15, 0.2) is 18.2 Å². The Bertz CT molecular complexity index is 893. The molecule has 1 aromatic carbocycles. The first-order valence-electron chi connectivity index (χ1n) is 9.41. The Morgan fingerprint density at radius 3 is 2.76 bits per heavy atom. The van der Waals surface area contributed by atoms with E-state index in [-0.39, 0.29) is 18.4 Å². The van der Waals surface area contributed by atoms with Crippen LogP contribution in [0, 0.1) is 0 Å². The van der Waals surface area contributed by atoms with E-state index in [1.54, 1.807) is 25.2 Å². The number of nitrogens with one attached hydrogen (secondary N) is 2. The van der Waals surface area contributed by atoms with Crippen LogP contribution in [0.4, 0.5) is 0 Å². The summed E-state index contributed by atoms with van der Waals surface area (Å²) in [5.74, 6) is 1.00. The Labute approximate surface area is 170 Å². The second-order valence-electron chi connectivity index (χ2n) is 7.17. The molecule has 156 valence electrons. The Morgan fingerprint density at radius 1 is 1.28 bits per heavy atom. The van der Waals surface area contributed by atoms with Gasteiger partial charge in [-0.2, -0.15) is 5.10 Å². The maximum Gasteiger partial charge on any atom is 0.272 e. The molecule has 0 bridgehead atoms. The van der Waals surface area contributed by atoms with Gasteiger partial charge in [0.25, 0.3) is 5.91 Å². The van der Waals surface area contributed by atoms with E-state index >= 15 is 0 Å². The van der Waals surface area contributed by atoms with Gasteiger partial charge in [0, 0.05) is 24.2 Å². The number of carbonyl (C=O) groups is 2. The van der Waals surface area contributed by atoms with Crippen molar-refractivity contribution in [3.8, 4) is 11.5 Å². The molecule has 9 heteroatoms. The average Bonchev–Trinajstić information content (AvgIpc) is 3.14. The Kier molecular flexibility index (Phi) is 6.38. The zero-order valence-corrected chi connectivity index (χ0v) is 17.2. The van der Waals surface area contributed by atoms with Crippen LogP contribution in [0.5, 0.6) is 11.5 Å². The highest BCUT2D eigenvalue weighted by Crippen LogP contribution is 2.30. The summed E-state index contributed by atoms with van der Waals surface area (Å²) >= 11 is 0. The van der Waals surface area contributed by atoms with Crippen molar-refractivity contribution in [1.82, 2.24) is 25.3 Å². The van der Waals surface area contributed by atoms with Crippen LogP contribution >= 0.6 is 0 Å². The lowest BCUT2D eigenvalue weighted by Gasteiger charge is -2.28. The number of nitrogens with zero attached hydrogens (tertiary/aromatic N) is 3. The van der Waals surface area contributed by atoms with Crippen molar-refractivity contribution in [2.24, 2.45) is 0 Å². The highest BCUT2D eigenvalue weighted by Gasteiger charge is 2.27. The van der Waals surface area contributed by atoms with Crippen LogP contribution in [0.1, 0.15) is 27.3 Å². The number of amides is 2. The van der Waals surface area contributed by atoms with Gasteiger partial charge >= 0.3 is 0 Å². The molecule has 1 aliphatic rings. The van der Waals surface area contributed by atoms with Crippen molar-refractivity contribution in [3.63, 3.8) is 0 Å². The summed E-state index contributed by atoms with van der Waals surface area (Å²) in [4.78, 5) is 28.6. The Balaban J connectivity index is 1.67. The largest absolute Gasteiger partial charge is 0.493 e. The van der Waals surface area contributed by atoms with Gasteiger partial charge in [-0.1, -0.05) is 12.1 Å². The second kappa shape index (κ2) is 8.95. The summed E-state index contributed by atoms with van der Waals surface area (Å²) in [5, 5.41) is 10.0. The van der Waals surface area contributed by atoms with E-state index in [9.17, 15) is 9.59 Å². The van der Waals surface area contributed by atoms with Gasteiger partial charge in [-0.15, -0.1) is 0 Å². The maximum atomic E-state index is 12.7. The number of methoxy groups -OCH3 is 2. The summed E-state index contributed by atoms with van der Waals surface area (Å²) in [5.41, 5.74) is 2.87. The first kappa shape index (κ1) is 20.7. The van der Waals surface area contributed by atoms with Gasteiger partial charge in [-0.25, -0.2) is 0 Å². The van der Waals surface area contributed by atoms with E-state index in [0.29, 0.717) is 43.2 Å². The number of carbonyl (C=O) groups excluding carboxylic acids is 2. The zero-order valence-electron chi connectivity index (χ0n) is 17.2. The predicted molar refractivity (Wildman–Crippen MR) is 107 cm³/mol.